The van der Waals surface area contributed by atoms with Gasteiger partial charge in [0.1, 0.15) is 5.69 Å². The normalized spacial score (nSPS) is 10.6. The highest BCUT2D eigenvalue weighted by atomic mass is 16.2. The predicted octanol–water partition coefficient (Wildman–Crippen LogP) is 3.60. The number of anilines is 1. The Labute approximate surface area is 129 Å². The summed E-state index contributed by atoms with van der Waals surface area (Å²) in [5, 5.41) is 0. The van der Waals surface area contributed by atoms with E-state index < -0.39 is 0 Å². The summed E-state index contributed by atoms with van der Waals surface area (Å²) >= 11 is 0. The Morgan fingerprint density at radius 3 is 2.45 bits per heavy atom. The van der Waals surface area contributed by atoms with Crippen LogP contribution in [0.15, 0.2) is 54.7 Å². The second kappa shape index (κ2) is 5.93. The maximum absolute atomic E-state index is 12.8. The van der Waals surface area contributed by atoms with Crippen molar-refractivity contribution in [1.82, 2.24) is 9.97 Å². The van der Waals surface area contributed by atoms with E-state index in [1.807, 2.05) is 62.4 Å². The van der Waals surface area contributed by atoms with Gasteiger partial charge in [0.05, 0.1) is 17.2 Å². The SMILES string of the molecule is CCN(C(=O)c1cnc2ccccc2n1)c1ccccc1C. The van der Waals surface area contributed by atoms with Crippen LogP contribution >= 0.6 is 0 Å². The fourth-order valence-corrected chi connectivity index (χ4v) is 2.49. The molecule has 22 heavy (non-hydrogen) atoms. The average Bonchev–Trinajstić information content (AvgIpc) is 2.56. The van der Waals surface area contributed by atoms with Crippen LogP contribution in [-0.2, 0) is 0 Å². The molecule has 1 aromatic heterocycles. The average molecular weight is 291 g/mol. The summed E-state index contributed by atoms with van der Waals surface area (Å²) in [7, 11) is 0. The maximum Gasteiger partial charge on any atom is 0.278 e. The lowest BCUT2D eigenvalue weighted by Crippen LogP contribution is -2.32. The van der Waals surface area contributed by atoms with Crippen molar-refractivity contribution in [2.45, 2.75) is 13.8 Å². The third kappa shape index (κ3) is 2.55. The molecule has 0 aliphatic heterocycles. The number of rotatable bonds is 3. The first-order chi connectivity index (χ1) is 10.7. The second-order valence-corrected chi connectivity index (χ2v) is 5.08. The van der Waals surface area contributed by atoms with E-state index in [-0.39, 0.29) is 5.91 Å². The van der Waals surface area contributed by atoms with Gasteiger partial charge in [-0.1, -0.05) is 30.3 Å². The van der Waals surface area contributed by atoms with Gasteiger partial charge in [0.25, 0.3) is 5.91 Å². The van der Waals surface area contributed by atoms with Crippen LogP contribution in [0.4, 0.5) is 5.69 Å². The number of carbonyl (C=O) groups is 1. The Bertz CT molecular complexity index is 829. The van der Waals surface area contributed by atoms with Crippen LogP contribution in [0.3, 0.4) is 0 Å². The molecule has 0 atom stereocenters. The molecule has 4 nitrogen and oxygen atoms in total. The molecule has 3 rings (SSSR count). The van der Waals surface area contributed by atoms with Gasteiger partial charge in [-0.15, -0.1) is 0 Å². The molecule has 0 aliphatic rings. The smallest absolute Gasteiger partial charge is 0.278 e. The van der Waals surface area contributed by atoms with E-state index in [4.69, 9.17) is 0 Å². The van der Waals surface area contributed by atoms with E-state index in [0.29, 0.717) is 12.2 Å². The van der Waals surface area contributed by atoms with Gasteiger partial charge >= 0.3 is 0 Å². The van der Waals surface area contributed by atoms with E-state index in [1.165, 1.54) is 0 Å². The molecule has 0 bridgehead atoms. The van der Waals surface area contributed by atoms with E-state index in [2.05, 4.69) is 9.97 Å². The molecule has 0 spiro atoms. The van der Waals surface area contributed by atoms with E-state index in [0.717, 1.165) is 22.3 Å². The third-order valence-electron chi connectivity index (χ3n) is 3.64. The lowest BCUT2D eigenvalue weighted by Gasteiger charge is -2.22. The maximum atomic E-state index is 12.8. The quantitative estimate of drug-likeness (QED) is 0.740. The number of carbonyl (C=O) groups excluding carboxylic acids is 1. The summed E-state index contributed by atoms with van der Waals surface area (Å²) in [6, 6.07) is 15.4. The summed E-state index contributed by atoms with van der Waals surface area (Å²) in [5.74, 6) is -0.130. The lowest BCUT2D eigenvalue weighted by molar-refractivity contribution is 0.0983. The van der Waals surface area contributed by atoms with Crippen LogP contribution < -0.4 is 4.90 Å². The topological polar surface area (TPSA) is 46.1 Å². The van der Waals surface area contributed by atoms with Crippen LogP contribution in [0, 0.1) is 6.92 Å². The fourth-order valence-electron chi connectivity index (χ4n) is 2.49. The third-order valence-corrected chi connectivity index (χ3v) is 3.64. The number of aromatic nitrogens is 2. The summed E-state index contributed by atoms with van der Waals surface area (Å²) in [4.78, 5) is 23.3. The fraction of sp³-hybridized carbons (Fsp3) is 0.167. The molecule has 0 fully saturated rings. The Morgan fingerprint density at radius 2 is 1.73 bits per heavy atom. The number of hydrogen-bond donors (Lipinski definition) is 0. The highest BCUT2D eigenvalue weighted by molar-refractivity contribution is 6.05. The van der Waals surface area contributed by atoms with Gasteiger partial charge in [-0.25, -0.2) is 4.98 Å². The van der Waals surface area contributed by atoms with E-state index in [1.54, 1.807) is 11.1 Å². The number of aryl methyl sites for hydroxylation is 1. The largest absolute Gasteiger partial charge is 0.307 e. The van der Waals surface area contributed by atoms with Crippen molar-refractivity contribution in [1.29, 1.82) is 0 Å². The highest BCUT2D eigenvalue weighted by Crippen LogP contribution is 2.21. The first-order valence-electron chi connectivity index (χ1n) is 7.30. The molecule has 0 aliphatic carbocycles. The molecule has 0 N–H and O–H groups in total. The van der Waals surface area contributed by atoms with Gasteiger partial charge < -0.3 is 4.90 Å². The van der Waals surface area contributed by atoms with Gasteiger partial charge in [0.15, 0.2) is 0 Å². The molecule has 2 aromatic carbocycles. The van der Waals surface area contributed by atoms with Crippen LogP contribution in [0.1, 0.15) is 23.0 Å². The number of fused-ring (bicyclic) bond motifs is 1. The molecule has 0 unspecified atom stereocenters. The molecule has 0 saturated carbocycles. The molecule has 3 aromatic rings. The van der Waals surface area contributed by atoms with Gasteiger partial charge in [0, 0.05) is 12.2 Å². The van der Waals surface area contributed by atoms with Gasteiger partial charge in [-0.3, -0.25) is 9.78 Å². The zero-order valence-electron chi connectivity index (χ0n) is 12.7. The molecule has 1 heterocycles. The molecular formula is C18H17N3O. The molecule has 110 valence electrons. The zero-order valence-corrected chi connectivity index (χ0v) is 12.7. The number of nitrogens with zero attached hydrogens (tertiary/aromatic N) is 3. The number of benzene rings is 2. The molecule has 1 amide bonds. The van der Waals surface area contributed by atoms with Gasteiger partial charge in [-0.2, -0.15) is 0 Å². The summed E-state index contributed by atoms with van der Waals surface area (Å²) in [6.45, 7) is 4.54. The van der Waals surface area contributed by atoms with Crippen molar-refractivity contribution in [3.63, 3.8) is 0 Å². The highest BCUT2D eigenvalue weighted by Gasteiger charge is 2.19. The Kier molecular flexibility index (Phi) is 3.83. The molecular weight excluding hydrogens is 274 g/mol. The lowest BCUT2D eigenvalue weighted by atomic mass is 10.1. The minimum absolute atomic E-state index is 0.130. The zero-order chi connectivity index (χ0) is 15.5. The standard InChI is InChI=1S/C18H17N3O/c1-3-21(17-11-7-4-8-13(17)2)18(22)16-12-19-14-9-5-6-10-15(14)20-16/h4-12H,3H2,1-2H3. The van der Waals surface area contributed by atoms with E-state index in [9.17, 15) is 4.79 Å². The first-order valence-corrected chi connectivity index (χ1v) is 7.30. The van der Waals surface area contributed by atoms with Gasteiger partial charge in [0.2, 0.25) is 0 Å². The molecule has 0 radical (unpaired) electrons. The second-order valence-electron chi connectivity index (χ2n) is 5.08. The molecule has 4 heteroatoms. The number of hydrogen-bond acceptors (Lipinski definition) is 3. The van der Waals surface area contributed by atoms with Crippen LogP contribution in [0.2, 0.25) is 0 Å². The van der Waals surface area contributed by atoms with Crippen LogP contribution in [-0.4, -0.2) is 22.4 Å². The minimum atomic E-state index is -0.130. The van der Waals surface area contributed by atoms with Crippen molar-refractivity contribution in [2.24, 2.45) is 0 Å². The Morgan fingerprint density at radius 1 is 1.05 bits per heavy atom. The number of amides is 1. The van der Waals surface area contributed by atoms with E-state index >= 15 is 0 Å². The van der Waals surface area contributed by atoms with Crippen molar-refractivity contribution >= 4 is 22.6 Å². The summed E-state index contributed by atoms with van der Waals surface area (Å²) in [6.07, 6.45) is 1.55. The van der Waals surface area contributed by atoms with Crippen molar-refractivity contribution in [2.75, 3.05) is 11.4 Å². The predicted molar refractivity (Wildman–Crippen MR) is 88.1 cm³/mol. The number of para-hydroxylation sites is 3. The Balaban J connectivity index is 2.01. The Hall–Kier alpha value is -2.75. The van der Waals surface area contributed by atoms with Crippen LogP contribution in [0.25, 0.3) is 11.0 Å². The summed E-state index contributed by atoms with van der Waals surface area (Å²) < 4.78 is 0. The molecule has 0 saturated heterocycles. The summed E-state index contributed by atoms with van der Waals surface area (Å²) in [5.41, 5.74) is 3.85. The minimum Gasteiger partial charge on any atom is -0.307 e. The van der Waals surface area contributed by atoms with Crippen molar-refractivity contribution in [3.05, 3.63) is 66.0 Å². The van der Waals surface area contributed by atoms with Crippen LogP contribution in [0.5, 0.6) is 0 Å². The van der Waals surface area contributed by atoms with Crippen molar-refractivity contribution in [3.8, 4) is 0 Å². The van der Waals surface area contributed by atoms with Crippen molar-refractivity contribution < 1.29 is 4.79 Å². The van der Waals surface area contributed by atoms with Gasteiger partial charge in [-0.05, 0) is 37.6 Å². The monoisotopic (exact) mass is 291 g/mol. The first kappa shape index (κ1) is 14.2.